The Bertz CT molecular complexity index is 555. The molecule has 0 radical (unpaired) electrons. The maximum Gasteiger partial charge on any atom is 0.241 e. The van der Waals surface area contributed by atoms with Gasteiger partial charge in [-0.1, -0.05) is 13.3 Å². The van der Waals surface area contributed by atoms with E-state index in [2.05, 4.69) is 4.72 Å². The van der Waals surface area contributed by atoms with Gasteiger partial charge in [0.15, 0.2) is 0 Å². The van der Waals surface area contributed by atoms with Gasteiger partial charge < -0.3 is 10.5 Å². The molecule has 0 saturated heterocycles. The summed E-state index contributed by atoms with van der Waals surface area (Å²) in [6, 6.07) is 1.94. The van der Waals surface area contributed by atoms with Crippen molar-refractivity contribution in [3.8, 4) is 0 Å². The van der Waals surface area contributed by atoms with Crippen molar-refractivity contribution in [1.82, 2.24) is 4.72 Å². The van der Waals surface area contributed by atoms with Gasteiger partial charge >= 0.3 is 0 Å². The molecule has 5 nitrogen and oxygen atoms in total. The van der Waals surface area contributed by atoms with Crippen molar-refractivity contribution in [2.45, 2.75) is 37.6 Å². The lowest BCUT2D eigenvalue weighted by molar-refractivity contribution is 0.171. The van der Waals surface area contributed by atoms with Crippen LogP contribution in [-0.2, 0) is 14.8 Å². The molecule has 3 N–H and O–H groups in total. The molecule has 1 rings (SSSR count). The zero-order chi connectivity index (χ0) is 15.3. The van der Waals surface area contributed by atoms with Crippen LogP contribution in [-0.4, -0.2) is 28.2 Å². The fourth-order valence-corrected chi connectivity index (χ4v) is 3.48. The molecule has 0 amide bonds. The number of ether oxygens (including phenoxy) is 1. The standard InChI is InChI=1S/C13H21FN2O3S/c1-4-5-10(8-19-3)16-20(17,18)13-7-12(15)11(14)6-9(13)2/h6-7,10,16H,4-5,8,15H2,1-3H3. The first-order valence-electron chi connectivity index (χ1n) is 6.38. The van der Waals surface area contributed by atoms with Gasteiger partial charge in [0.1, 0.15) is 5.82 Å². The van der Waals surface area contributed by atoms with Crippen LogP contribution < -0.4 is 10.5 Å². The number of aryl methyl sites for hydroxylation is 1. The Kier molecular flexibility index (Phi) is 5.91. The molecule has 0 saturated carbocycles. The highest BCUT2D eigenvalue weighted by molar-refractivity contribution is 7.89. The molecule has 0 bridgehead atoms. The number of nitrogens with one attached hydrogen (secondary N) is 1. The van der Waals surface area contributed by atoms with Gasteiger partial charge in [-0.25, -0.2) is 17.5 Å². The fourth-order valence-electron chi connectivity index (χ4n) is 1.97. The van der Waals surface area contributed by atoms with E-state index in [1.54, 1.807) is 0 Å². The monoisotopic (exact) mass is 304 g/mol. The first-order valence-corrected chi connectivity index (χ1v) is 7.87. The van der Waals surface area contributed by atoms with Crippen LogP contribution in [0.2, 0.25) is 0 Å². The molecule has 0 spiro atoms. The maximum atomic E-state index is 13.3. The number of anilines is 1. The molecule has 0 aliphatic rings. The van der Waals surface area contributed by atoms with Gasteiger partial charge in [-0.3, -0.25) is 0 Å². The van der Waals surface area contributed by atoms with Crippen molar-refractivity contribution in [2.24, 2.45) is 0 Å². The van der Waals surface area contributed by atoms with Crippen LogP contribution in [0.4, 0.5) is 10.1 Å². The highest BCUT2D eigenvalue weighted by atomic mass is 32.2. The summed E-state index contributed by atoms with van der Waals surface area (Å²) < 4.78 is 45.5. The van der Waals surface area contributed by atoms with Crippen molar-refractivity contribution in [3.05, 3.63) is 23.5 Å². The molecule has 20 heavy (non-hydrogen) atoms. The van der Waals surface area contributed by atoms with Crippen LogP contribution in [0.3, 0.4) is 0 Å². The molecule has 7 heteroatoms. The Labute approximate surface area is 119 Å². The average Bonchev–Trinajstić information content (AvgIpc) is 2.33. The Morgan fingerprint density at radius 1 is 1.45 bits per heavy atom. The second-order valence-corrected chi connectivity index (χ2v) is 6.38. The first-order chi connectivity index (χ1) is 9.31. The van der Waals surface area contributed by atoms with Crippen LogP contribution in [0.25, 0.3) is 0 Å². The lowest BCUT2D eigenvalue weighted by Crippen LogP contribution is -2.38. The number of halogens is 1. The Balaban J connectivity index is 3.07. The Morgan fingerprint density at radius 2 is 2.10 bits per heavy atom. The summed E-state index contributed by atoms with van der Waals surface area (Å²) in [7, 11) is -2.24. The topological polar surface area (TPSA) is 81.4 Å². The number of rotatable bonds is 7. The number of nitrogen functional groups attached to an aromatic ring is 1. The molecule has 114 valence electrons. The third-order valence-corrected chi connectivity index (χ3v) is 4.57. The minimum absolute atomic E-state index is 0.00592. The summed E-state index contributed by atoms with van der Waals surface area (Å²) in [5.74, 6) is -0.622. The van der Waals surface area contributed by atoms with Gasteiger partial charge in [-0.05, 0) is 31.0 Å². The Morgan fingerprint density at radius 3 is 2.65 bits per heavy atom. The first kappa shape index (κ1) is 16.9. The summed E-state index contributed by atoms with van der Waals surface area (Å²) in [6.07, 6.45) is 1.48. The number of benzene rings is 1. The quantitative estimate of drug-likeness (QED) is 0.753. The lowest BCUT2D eigenvalue weighted by Gasteiger charge is -2.18. The molecule has 0 aromatic heterocycles. The van der Waals surface area contributed by atoms with Gasteiger partial charge in [-0.15, -0.1) is 0 Å². The SMILES string of the molecule is CCCC(COC)NS(=O)(=O)c1cc(N)c(F)cc1C. The van der Waals surface area contributed by atoms with Gasteiger partial charge in [0.2, 0.25) is 10.0 Å². The van der Waals surface area contributed by atoms with E-state index in [1.165, 1.54) is 14.0 Å². The minimum Gasteiger partial charge on any atom is -0.396 e. The minimum atomic E-state index is -3.75. The van der Waals surface area contributed by atoms with Crippen molar-refractivity contribution in [2.75, 3.05) is 19.5 Å². The number of methoxy groups -OCH3 is 1. The number of sulfonamides is 1. The summed E-state index contributed by atoms with van der Waals surface area (Å²) in [5, 5.41) is 0. The molecular formula is C13H21FN2O3S. The number of hydrogen-bond donors (Lipinski definition) is 2. The normalized spacial score (nSPS) is 13.4. The molecule has 0 heterocycles. The van der Waals surface area contributed by atoms with Gasteiger partial charge in [0.25, 0.3) is 0 Å². The van der Waals surface area contributed by atoms with E-state index >= 15 is 0 Å². The van der Waals surface area contributed by atoms with Crippen LogP contribution in [0.5, 0.6) is 0 Å². The zero-order valence-electron chi connectivity index (χ0n) is 11.9. The van der Waals surface area contributed by atoms with Crippen molar-refractivity contribution < 1.29 is 17.5 Å². The van der Waals surface area contributed by atoms with Gasteiger partial charge in [-0.2, -0.15) is 0 Å². The summed E-state index contributed by atoms with van der Waals surface area (Å²) in [6.45, 7) is 3.77. The predicted molar refractivity (Wildman–Crippen MR) is 76.4 cm³/mol. The third-order valence-electron chi connectivity index (χ3n) is 2.91. The predicted octanol–water partition coefficient (Wildman–Crippen LogP) is 1.81. The zero-order valence-corrected chi connectivity index (χ0v) is 12.8. The highest BCUT2D eigenvalue weighted by Crippen LogP contribution is 2.22. The second-order valence-electron chi connectivity index (χ2n) is 4.70. The summed E-state index contributed by atoms with van der Waals surface area (Å²) >= 11 is 0. The second kappa shape index (κ2) is 7.01. The smallest absolute Gasteiger partial charge is 0.241 e. The van der Waals surface area contributed by atoms with Crippen LogP contribution in [0.15, 0.2) is 17.0 Å². The molecule has 1 unspecified atom stereocenters. The summed E-state index contributed by atoms with van der Waals surface area (Å²) in [4.78, 5) is -0.00592. The number of nitrogens with two attached hydrogens (primary N) is 1. The maximum absolute atomic E-state index is 13.3. The van der Waals surface area contributed by atoms with E-state index in [0.29, 0.717) is 12.0 Å². The molecule has 0 fully saturated rings. The van der Waals surface area contributed by atoms with E-state index in [1.807, 2.05) is 6.92 Å². The molecule has 0 aliphatic carbocycles. The largest absolute Gasteiger partial charge is 0.396 e. The van der Waals surface area contributed by atoms with Gasteiger partial charge in [0.05, 0.1) is 17.2 Å². The summed E-state index contributed by atoms with van der Waals surface area (Å²) in [5.41, 5.74) is 5.57. The molecule has 1 aromatic carbocycles. The molecule has 1 aromatic rings. The van der Waals surface area contributed by atoms with Crippen molar-refractivity contribution in [3.63, 3.8) is 0 Å². The van der Waals surface area contributed by atoms with E-state index in [9.17, 15) is 12.8 Å². The van der Waals surface area contributed by atoms with E-state index in [0.717, 1.165) is 18.6 Å². The Hall–Kier alpha value is -1.18. The van der Waals surface area contributed by atoms with Crippen LogP contribution >= 0.6 is 0 Å². The molecule has 0 aliphatic heterocycles. The van der Waals surface area contributed by atoms with Gasteiger partial charge in [0, 0.05) is 13.2 Å². The van der Waals surface area contributed by atoms with E-state index in [-0.39, 0.29) is 23.2 Å². The highest BCUT2D eigenvalue weighted by Gasteiger charge is 2.22. The lowest BCUT2D eigenvalue weighted by atomic mass is 10.2. The fraction of sp³-hybridized carbons (Fsp3) is 0.538. The van der Waals surface area contributed by atoms with Crippen LogP contribution in [0, 0.1) is 12.7 Å². The molecular weight excluding hydrogens is 283 g/mol. The van der Waals surface area contributed by atoms with Crippen LogP contribution in [0.1, 0.15) is 25.3 Å². The number of hydrogen-bond acceptors (Lipinski definition) is 4. The van der Waals surface area contributed by atoms with Crippen molar-refractivity contribution >= 4 is 15.7 Å². The van der Waals surface area contributed by atoms with E-state index < -0.39 is 15.8 Å². The van der Waals surface area contributed by atoms with E-state index in [4.69, 9.17) is 10.5 Å². The van der Waals surface area contributed by atoms with Crippen molar-refractivity contribution in [1.29, 1.82) is 0 Å². The third kappa shape index (κ3) is 4.16. The average molecular weight is 304 g/mol. The molecule has 1 atom stereocenters.